The van der Waals surface area contributed by atoms with E-state index in [9.17, 15) is 4.79 Å². The van der Waals surface area contributed by atoms with Gasteiger partial charge in [0.15, 0.2) is 0 Å². The molecular weight excluding hydrogens is 248 g/mol. The van der Waals surface area contributed by atoms with E-state index in [0.29, 0.717) is 12.3 Å². The highest BCUT2D eigenvalue weighted by molar-refractivity contribution is 5.78. The zero-order valence-electron chi connectivity index (χ0n) is 12.4. The highest BCUT2D eigenvalue weighted by atomic mass is 16.1. The summed E-state index contributed by atoms with van der Waals surface area (Å²) < 4.78 is 0. The lowest BCUT2D eigenvalue weighted by Gasteiger charge is -2.21. The van der Waals surface area contributed by atoms with E-state index in [1.807, 2.05) is 0 Å². The van der Waals surface area contributed by atoms with Gasteiger partial charge in [0.25, 0.3) is 0 Å². The number of nitrogens with one attached hydrogen (secondary N) is 1. The number of nitriles is 1. The van der Waals surface area contributed by atoms with Crippen LogP contribution >= 0.6 is 0 Å². The molecule has 0 spiro atoms. The van der Waals surface area contributed by atoms with Gasteiger partial charge in [0.05, 0.1) is 6.07 Å². The Balaban J connectivity index is 2.05. The molecule has 1 N–H and O–H groups in total. The van der Waals surface area contributed by atoms with Crippen LogP contribution in [0.2, 0.25) is 0 Å². The Kier molecular flexibility index (Phi) is 4.13. The summed E-state index contributed by atoms with van der Waals surface area (Å²) in [5, 5.41) is 11.8. The molecule has 1 aromatic carbocycles. The molecule has 3 nitrogen and oxygen atoms in total. The fraction of sp³-hybridized carbons (Fsp3) is 0.529. The van der Waals surface area contributed by atoms with Gasteiger partial charge in [-0.2, -0.15) is 5.26 Å². The van der Waals surface area contributed by atoms with E-state index in [-0.39, 0.29) is 11.8 Å². The molecule has 1 unspecified atom stereocenters. The number of hydrogen-bond donors (Lipinski definition) is 1. The molecule has 0 radical (unpaired) electrons. The topological polar surface area (TPSA) is 52.9 Å². The predicted octanol–water partition coefficient (Wildman–Crippen LogP) is 3.30. The zero-order chi connectivity index (χ0) is 14.8. The molecule has 20 heavy (non-hydrogen) atoms. The second kappa shape index (κ2) is 5.66. The monoisotopic (exact) mass is 270 g/mol. The first kappa shape index (κ1) is 14.6. The van der Waals surface area contributed by atoms with Crippen LogP contribution in [0, 0.1) is 24.2 Å². The predicted molar refractivity (Wildman–Crippen MR) is 79.1 cm³/mol. The van der Waals surface area contributed by atoms with Gasteiger partial charge in [0.1, 0.15) is 5.54 Å². The van der Waals surface area contributed by atoms with Gasteiger partial charge >= 0.3 is 0 Å². The van der Waals surface area contributed by atoms with Crippen molar-refractivity contribution in [2.75, 3.05) is 0 Å². The Bertz CT molecular complexity index is 521. The molecule has 0 aliphatic heterocycles. The SMILES string of the molecule is Cc1ccc(C(CC(=O)NC(C)(C)C#N)C2CC2)cc1. The van der Waals surface area contributed by atoms with Gasteiger partial charge in [-0.3, -0.25) is 4.79 Å². The fourth-order valence-electron chi connectivity index (χ4n) is 2.50. The first-order chi connectivity index (χ1) is 9.41. The number of amides is 1. The van der Waals surface area contributed by atoms with Crippen molar-refractivity contribution in [3.8, 4) is 6.07 Å². The van der Waals surface area contributed by atoms with Gasteiger partial charge in [-0.05, 0) is 51.0 Å². The second-order valence-corrected chi connectivity index (χ2v) is 6.34. The van der Waals surface area contributed by atoms with Crippen LogP contribution in [0.1, 0.15) is 50.2 Å². The molecule has 0 bridgehead atoms. The summed E-state index contributed by atoms with van der Waals surface area (Å²) in [6.07, 6.45) is 2.87. The molecule has 2 rings (SSSR count). The summed E-state index contributed by atoms with van der Waals surface area (Å²) >= 11 is 0. The quantitative estimate of drug-likeness (QED) is 0.892. The van der Waals surface area contributed by atoms with Crippen molar-refractivity contribution in [2.45, 2.75) is 51.5 Å². The summed E-state index contributed by atoms with van der Waals surface area (Å²) in [7, 11) is 0. The molecule has 0 heterocycles. The lowest BCUT2D eigenvalue weighted by atomic mass is 9.90. The Hall–Kier alpha value is -1.82. The van der Waals surface area contributed by atoms with E-state index in [1.54, 1.807) is 13.8 Å². The normalized spacial score (nSPS) is 16.3. The van der Waals surface area contributed by atoms with Crippen LogP contribution in [-0.4, -0.2) is 11.4 Å². The molecule has 1 aliphatic rings. The van der Waals surface area contributed by atoms with Gasteiger partial charge in [-0.1, -0.05) is 29.8 Å². The van der Waals surface area contributed by atoms with Crippen LogP contribution in [0.3, 0.4) is 0 Å². The van der Waals surface area contributed by atoms with E-state index in [1.165, 1.54) is 24.0 Å². The van der Waals surface area contributed by atoms with E-state index in [0.717, 1.165) is 0 Å². The average molecular weight is 270 g/mol. The van der Waals surface area contributed by atoms with Crippen molar-refractivity contribution in [1.29, 1.82) is 5.26 Å². The number of aryl methyl sites for hydroxylation is 1. The minimum Gasteiger partial charge on any atom is -0.338 e. The third-order valence-electron chi connectivity index (χ3n) is 3.83. The third kappa shape index (κ3) is 3.84. The first-order valence-corrected chi connectivity index (χ1v) is 7.20. The molecular formula is C17H22N2O. The highest BCUT2D eigenvalue weighted by Gasteiger charge is 2.34. The summed E-state index contributed by atoms with van der Waals surface area (Å²) in [6, 6.07) is 10.6. The minimum absolute atomic E-state index is 0.0333. The van der Waals surface area contributed by atoms with Crippen molar-refractivity contribution >= 4 is 5.91 Å². The molecule has 1 aromatic rings. The highest BCUT2D eigenvalue weighted by Crippen LogP contribution is 2.44. The van der Waals surface area contributed by atoms with E-state index in [4.69, 9.17) is 5.26 Å². The minimum atomic E-state index is -0.793. The van der Waals surface area contributed by atoms with Crippen LogP contribution in [0.4, 0.5) is 0 Å². The summed E-state index contributed by atoms with van der Waals surface area (Å²) in [5.41, 5.74) is 1.68. The summed E-state index contributed by atoms with van der Waals surface area (Å²) in [5.74, 6) is 0.868. The lowest BCUT2D eigenvalue weighted by molar-refractivity contribution is -0.122. The molecule has 0 saturated heterocycles. The van der Waals surface area contributed by atoms with Crippen molar-refractivity contribution in [1.82, 2.24) is 5.32 Å². The Labute approximate surface area is 121 Å². The van der Waals surface area contributed by atoms with Crippen LogP contribution in [0.25, 0.3) is 0 Å². The van der Waals surface area contributed by atoms with E-state index < -0.39 is 5.54 Å². The van der Waals surface area contributed by atoms with Crippen LogP contribution in [0.5, 0.6) is 0 Å². The number of benzene rings is 1. The molecule has 0 aromatic heterocycles. The van der Waals surface area contributed by atoms with E-state index in [2.05, 4.69) is 42.6 Å². The molecule has 1 aliphatic carbocycles. The Morgan fingerprint density at radius 2 is 2.00 bits per heavy atom. The van der Waals surface area contributed by atoms with Crippen molar-refractivity contribution in [2.24, 2.45) is 5.92 Å². The zero-order valence-corrected chi connectivity index (χ0v) is 12.4. The number of nitrogens with zero attached hydrogens (tertiary/aromatic N) is 1. The standard InChI is InChI=1S/C17H22N2O/c1-12-4-6-13(7-5-12)15(14-8-9-14)10-16(20)19-17(2,3)11-18/h4-7,14-15H,8-10H2,1-3H3,(H,19,20). The number of rotatable bonds is 5. The number of hydrogen-bond acceptors (Lipinski definition) is 2. The van der Waals surface area contributed by atoms with Crippen LogP contribution in [-0.2, 0) is 4.79 Å². The number of carbonyl (C=O) groups excluding carboxylic acids is 1. The van der Waals surface area contributed by atoms with Gasteiger partial charge in [-0.25, -0.2) is 0 Å². The third-order valence-corrected chi connectivity index (χ3v) is 3.83. The van der Waals surface area contributed by atoms with Gasteiger partial charge < -0.3 is 5.32 Å². The second-order valence-electron chi connectivity index (χ2n) is 6.34. The van der Waals surface area contributed by atoms with Crippen molar-refractivity contribution in [3.63, 3.8) is 0 Å². The van der Waals surface area contributed by atoms with Gasteiger partial charge in [0, 0.05) is 6.42 Å². The number of carbonyl (C=O) groups is 1. The maximum absolute atomic E-state index is 12.1. The smallest absolute Gasteiger partial charge is 0.221 e. The van der Waals surface area contributed by atoms with Crippen LogP contribution < -0.4 is 5.32 Å². The molecule has 1 amide bonds. The summed E-state index contributed by atoms with van der Waals surface area (Å²) in [4.78, 5) is 12.1. The maximum Gasteiger partial charge on any atom is 0.221 e. The first-order valence-electron chi connectivity index (χ1n) is 7.20. The molecule has 106 valence electrons. The summed E-state index contributed by atoms with van der Waals surface area (Å²) in [6.45, 7) is 5.52. The largest absolute Gasteiger partial charge is 0.338 e. The average Bonchev–Trinajstić information content (AvgIpc) is 3.21. The Morgan fingerprint density at radius 1 is 1.40 bits per heavy atom. The molecule has 1 atom stereocenters. The Morgan fingerprint density at radius 3 is 2.50 bits per heavy atom. The molecule has 3 heteroatoms. The fourth-order valence-corrected chi connectivity index (χ4v) is 2.50. The molecule has 1 saturated carbocycles. The maximum atomic E-state index is 12.1. The van der Waals surface area contributed by atoms with Crippen LogP contribution in [0.15, 0.2) is 24.3 Å². The van der Waals surface area contributed by atoms with Crippen molar-refractivity contribution in [3.05, 3.63) is 35.4 Å². The van der Waals surface area contributed by atoms with Crippen molar-refractivity contribution < 1.29 is 4.79 Å². The molecule has 1 fully saturated rings. The van der Waals surface area contributed by atoms with E-state index >= 15 is 0 Å². The van der Waals surface area contributed by atoms with Gasteiger partial charge in [0.2, 0.25) is 5.91 Å². The lowest BCUT2D eigenvalue weighted by Crippen LogP contribution is -2.42. The van der Waals surface area contributed by atoms with Gasteiger partial charge in [-0.15, -0.1) is 0 Å².